The fourth-order valence-corrected chi connectivity index (χ4v) is 4.05. The number of piperazine rings is 1. The molecule has 1 aliphatic heterocycles. The molecule has 1 saturated heterocycles. The summed E-state index contributed by atoms with van der Waals surface area (Å²) in [5, 5.41) is 3.76. The van der Waals surface area contributed by atoms with Crippen molar-refractivity contribution in [3.63, 3.8) is 0 Å². The highest BCUT2D eigenvalue weighted by atomic mass is 32.2. The minimum absolute atomic E-state index is 0.345. The number of ether oxygens (including phenoxy) is 1. The first-order valence-corrected chi connectivity index (χ1v) is 8.03. The standard InChI is InChI=1S/C12H17N5O3S/c1-9-7-17(11-10(9)12(20-2)15-8-14-11)21(18,19)16-5-3-13-4-6-16/h7-8,13H,3-6H2,1-2H3. The van der Waals surface area contributed by atoms with Crippen LogP contribution < -0.4 is 10.1 Å². The maximum atomic E-state index is 12.8. The predicted molar refractivity (Wildman–Crippen MR) is 77.6 cm³/mol. The van der Waals surface area contributed by atoms with Gasteiger partial charge in [-0.05, 0) is 12.5 Å². The molecule has 0 unspecified atom stereocenters. The second kappa shape index (κ2) is 5.24. The van der Waals surface area contributed by atoms with E-state index >= 15 is 0 Å². The van der Waals surface area contributed by atoms with Gasteiger partial charge in [-0.2, -0.15) is 12.7 Å². The third-order valence-corrected chi connectivity index (χ3v) is 5.34. The number of fused-ring (bicyclic) bond motifs is 1. The molecular formula is C12H17N5O3S. The lowest BCUT2D eigenvalue weighted by Gasteiger charge is -2.26. The molecule has 0 aromatic carbocycles. The monoisotopic (exact) mass is 311 g/mol. The van der Waals surface area contributed by atoms with Gasteiger partial charge in [-0.3, -0.25) is 0 Å². The van der Waals surface area contributed by atoms with Crippen LogP contribution in [-0.4, -0.2) is 60.0 Å². The Bertz CT molecular complexity index is 765. The zero-order valence-electron chi connectivity index (χ0n) is 11.9. The second-order valence-corrected chi connectivity index (χ2v) is 6.65. The van der Waals surface area contributed by atoms with Crippen molar-refractivity contribution in [1.29, 1.82) is 0 Å². The molecule has 0 atom stereocenters. The highest BCUT2D eigenvalue weighted by Crippen LogP contribution is 2.28. The van der Waals surface area contributed by atoms with Gasteiger partial charge in [-0.1, -0.05) is 0 Å². The van der Waals surface area contributed by atoms with Gasteiger partial charge in [-0.25, -0.2) is 13.9 Å². The van der Waals surface area contributed by atoms with Gasteiger partial charge in [0.05, 0.1) is 12.5 Å². The number of nitrogens with one attached hydrogen (secondary N) is 1. The minimum Gasteiger partial charge on any atom is -0.480 e. The van der Waals surface area contributed by atoms with Crippen molar-refractivity contribution in [2.24, 2.45) is 0 Å². The smallest absolute Gasteiger partial charge is 0.309 e. The second-order valence-electron chi connectivity index (χ2n) is 4.85. The fourth-order valence-electron chi connectivity index (χ4n) is 2.50. The van der Waals surface area contributed by atoms with Crippen molar-refractivity contribution in [2.45, 2.75) is 6.92 Å². The molecule has 0 spiro atoms. The predicted octanol–water partition coefficient (Wildman–Crippen LogP) is -0.254. The molecule has 8 nitrogen and oxygen atoms in total. The quantitative estimate of drug-likeness (QED) is 0.840. The first-order valence-electron chi connectivity index (χ1n) is 6.63. The number of hydrogen-bond donors (Lipinski definition) is 1. The van der Waals surface area contributed by atoms with Gasteiger partial charge in [0.1, 0.15) is 6.33 Å². The Labute approximate surface area is 122 Å². The van der Waals surface area contributed by atoms with Crippen molar-refractivity contribution in [3.8, 4) is 5.88 Å². The summed E-state index contributed by atoms with van der Waals surface area (Å²) in [6.45, 7) is 4.01. The van der Waals surface area contributed by atoms with E-state index in [1.165, 1.54) is 21.7 Å². The summed E-state index contributed by atoms with van der Waals surface area (Å²) in [7, 11) is -2.13. The third-order valence-electron chi connectivity index (χ3n) is 3.55. The molecule has 1 aliphatic rings. The molecule has 0 saturated carbocycles. The fraction of sp³-hybridized carbons (Fsp3) is 0.500. The highest BCUT2D eigenvalue weighted by Gasteiger charge is 2.28. The number of nitrogens with zero attached hydrogens (tertiary/aromatic N) is 4. The van der Waals surface area contributed by atoms with E-state index in [0.717, 1.165) is 5.56 Å². The SMILES string of the molecule is COc1ncnc2c1c(C)cn2S(=O)(=O)N1CCNCC1. The molecule has 1 fully saturated rings. The van der Waals surface area contributed by atoms with Crippen molar-refractivity contribution in [2.75, 3.05) is 33.3 Å². The largest absolute Gasteiger partial charge is 0.480 e. The summed E-state index contributed by atoms with van der Waals surface area (Å²) < 4.78 is 33.4. The van der Waals surface area contributed by atoms with Crippen LogP contribution in [-0.2, 0) is 10.2 Å². The minimum atomic E-state index is -3.63. The van der Waals surface area contributed by atoms with Gasteiger partial charge in [-0.15, -0.1) is 0 Å². The first kappa shape index (κ1) is 14.2. The molecule has 9 heteroatoms. The normalized spacial score (nSPS) is 17.2. The number of rotatable bonds is 3. The molecule has 2 aromatic heterocycles. The van der Waals surface area contributed by atoms with Crippen LogP contribution in [0.25, 0.3) is 11.0 Å². The average Bonchev–Trinajstić information content (AvgIpc) is 2.86. The van der Waals surface area contributed by atoms with E-state index in [4.69, 9.17) is 4.74 Å². The summed E-state index contributed by atoms with van der Waals surface area (Å²) in [6.07, 6.45) is 2.88. The maximum Gasteiger partial charge on any atom is 0.309 e. The summed E-state index contributed by atoms with van der Waals surface area (Å²) in [5.74, 6) is 0.381. The zero-order chi connectivity index (χ0) is 15.0. The zero-order valence-corrected chi connectivity index (χ0v) is 12.7. The molecule has 3 heterocycles. The van der Waals surface area contributed by atoms with Gasteiger partial charge in [0.15, 0.2) is 5.65 Å². The van der Waals surface area contributed by atoms with Gasteiger partial charge >= 0.3 is 10.2 Å². The summed E-state index contributed by atoms with van der Waals surface area (Å²) in [4.78, 5) is 8.15. The van der Waals surface area contributed by atoms with Crippen molar-refractivity contribution < 1.29 is 13.2 Å². The summed E-state index contributed by atoms with van der Waals surface area (Å²) in [5.41, 5.74) is 1.11. The molecule has 0 radical (unpaired) electrons. The average molecular weight is 311 g/mol. The Morgan fingerprint density at radius 1 is 1.29 bits per heavy atom. The molecule has 0 amide bonds. The number of hydrogen-bond acceptors (Lipinski definition) is 6. The Hall–Kier alpha value is -1.71. The summed E-state index contributed by atoms with van der Waals surface area (Å²) in [6, 6.07) is 0. The molecule has 114 valence electrons. The van der Waals surface area contributed by atoms with E-state index in [1.807, 2.05) is 6.92 Å². The molecule has 1 N–H and O–H groups in total. The Kier molecular flexibility index (Phi) is 3.56. The lowest BCUT2D eigenvalue weighted by molar-refractivity contribution is 0.357. The Morgan fingerprint density at radius 3 is 2.67 bits per heavy atom. The lowest BCUT2D eigenvalue weighted by Crippen LogP contribution is -2.48. The van der Waals surface area contributed by atoms with Crippen molar-refractivity contribution in [3.05, 3.63) is 18.1 Å². The van der Waals surface area contributed by atoms with Crippen molar-refractivity contribution >= 4 is 21.2 Å². The van der Waals surface area contributed by atoms with E-state index in [1.54, 1.807) is 6.20 Å². The maximum absolute atomic E-state index is 12.8. The topological polar surface area (TPSA) is 89.4 Å². The number of aryl methyl sites for hydroxylation is 1. The van der Waals surface area contributed by atoms with Crippen LogP contribution in [0.5, 0.6) is 5.88 Å². The summed E-state index contributed by atoms with van der Waals surface area (Å²) >= 11 is 0. The third kappa shape index (κ3) is 2.27. The number of aromatic nitrogens is 3. The Morgan fingerprint density at radius 2 is 2.00 bits per heavy atom. The van der Waals surface area contributed by atoms with Crippen LogP contribution in [0.1, 0.15) is 5.56 Å². The van der Waals surface area contributed by atoms with E-state index < -0.39 is 10.2 Å². The van der Waals surface area contributed by atoms with Crippen LogP contribution in [0.4, 0.5) is 0 Å². The van der Waals surface area contributed by atoms with Crippen LogP contribution >= 0.6 is 0 Å². The van der Waals surface area contributed by atoms with Crippen LogP contribution in [0.3, 0.4) is 0 Å². The van der Waals surface area contributed by atoms with E-state index in [-0.39, 0.29) is 0 Å². The Balaban J connectivity index is 2.16. The first-order chi connectivity index (χ1) is 10.1. The molecule has 21 heavy (non-hydrogen) atoms. The highest BCUT2D eigenvalue weighted by molar-refractivity contribution is 7.87. The van der Waals surface area contributed by atoms with E-state index in [9.17, 15) is 8.42 Å². The molecule has 0 aliphatic carbocycles. The van der Waals surface area contributed by atoms with Gasteiger partial charge in [0, 0.05) is 32.4 Å². The molecule has 0 bridgehead atoms. The van der Waals surface area contributed by atoms with Gasteiger partial charge < -0.3 is 10.1 Å². The molecule has 2 aromatic rings. The van der Waals surface area contributed by atoms with Crippen molar-refractivity contribution in [1.82, 2.24) is 23.6 Å². The molecule has 3 rings (SSSR count). The lowest BCUT2D eigenvalue weighted by atomic mass is 10.3. The van der Waals surface area contributed by atoms with E-state index in [0.29, 0.717) is 43.1 Å². The van der Waals surface area contributed by atoms with Gasteiger partial charge in [0.2, 0.25) is 5.88 Å². The van der Waals surface area contributed by atoms with Crippen LogP contribution in [0, 0.1) is 6.92 Å². The molecular weight excluding hydrogens is 294 g/mol. The number of methoxy groups -OCH3 is 1. The van der Waals surface area contributed by atoms with Crippen LogP contribution in [0.2, 0.25) is 0 Å². The van der Waals surface area contributed by atoms with E-state index in [2.05, 4.69) is 15.3 Å². The van der Waals surface area contributed by atoms with Gasteiger partial charge in [0.25, 0.3) is 0 Å². The van der Waals surface area contributed by atoms with Crippen LogP contribution in [0.15, 0.2) is 12.5 Å².